The second-order valence-corrected chi connectivity index (χ2v) is 8.20. The van der Waals surface area contributed by atoms with Gasteiger partial charge in [0.2, 0.25) is 0 Å². The largest absolute Gasteiger partial charge is 0.492 e. The smallest absolute Gasteiger partial charge is 0.145 e. The van der Waals surface area contributed by atoms with E-state index in [1.54, 1.807) is 12.1 Å². The number of hydrogen-bond donors (Lipinski definition) is 0. The predicted molar refractivity (Wildman–Crippen MR) is 104 cm³/mol. The van der Waals surface area contributed by atoms with Crippen LogP contribution in [0.3, 0.4) is 0 Å². The van der Waals surface area contributed by atoms with Crippen LogP contribution in [0.2, 0.25) is 10.0 Å². The van der Waals surface area contributed by atoms with Crippen molar-refractivity contribution in [3.8, 4) is 5.75 Å². The molecule has 0 saturated carbocycles. The number of benzene rings is 2. The zero-order chi connectivity index (χ0) is 18.3. The van der Waals surface area contributed by atoms with E-state index in [9.17, 15) is 4.39 Å². The third kappa shape index (κ3) is 3.33. The third-order valence-corrected chi connectivity index (χ3v) is 6.66. The molecule has 0 amide bonds. The molecule has 0 spiro atoms. The van der Waals surface area contributed by atoms with Gasteiger partial charge in [-0.3, -0.25) is 0 Å². The molecule has 2 fully saturated rings. The lowest BCUT2D eigenvalue weighted by Gasteiger charge is -2.43. The van der Waals surface area contributed by atoms with Crippen molar-refractivity contribution < 1.29 is 9.13 Å². The molecule has 0 aliphatic carbocycles. The highest BCUT2D eigenvalue weighted by Crippen LogP contribution is 2.46. The molecule has 2 heterocycles. The third-order valence-electron chi connectivity index (χ3n) is 6.06. The fraction of sp³-hybridized carbons (Fsp3) is 0.429. The van der Waals surface area contributed by atoms with E-state index in [1.165, 1.54) is 24.5 Å². The van der Waals surface area contributed by atoms with E-state index in [4.69, 9.17) is 27.9 Å². The Balaban J connectivity index is 1.60. The van der Waals surface area contributed by atoms with Gasteiger partial charge in [-0.05, 0) is 62.1 Å². The van der Waals surface area contributed by atoms with Crippen molar-refractivity contribution in [3.05, 3.63) is 63.9 Å². The molecule has 2 saturated heterocycles. The van der Waals surface area contributed by atoms with E-state index in [1.807, 2.05) is 12.1 Å². The molecule has 0 aromatic heterocycles. The Kier molecular flexibility index (Phi) is 5.13. The molecule has 0 N–H and O–H groups in total. The van der Waals surface area contributed by atoms with Gasteiger partial charge in [0.25, 0.3) is 0 Å². The van der Waals surface area contributed by atoms with Crippen LogP contribution in [0.4, 0.5) is 4.39 Å². The molecule has 2 aromatic carbocycles. The highest BCUT2D eigenvalue weighted by atomic mass is 35.5. The number of hydrogen-bond acceptors (Lipinski definition) is 2. The van der Waals surface area contributed by atoms with Crippen molar-refractivity contribution in [3.63, 3.8) is 0 Å². The lowest BCUT2D eigenvalue weighted by Crippen LogP contribution is -2.47. The second kappa shape index (κ2) is 7.38. The summed E-state index contributed by atoms with van der Waals surface area (Å²) < 4.78 is 19.7. The average Bonchev–Trinajstić information content (AvgIpc) is 2.87. The van der Waals surface area contributed by atoms with Gasteiger partial charge in [-0.1, -0.05) is 41.4 Å². The molecular formula is C21H22Cl2FNO. The number of halogens is 3. The van der Waals surface area contributed by atoms with Gasteiger partial charge in [0.05, 0.1) is 6.61 Å². The number of ether oxygens (including phenoxy) is 1. The molecule has 4 rings (SSSR count). The lowest BCUT2D eigenvalue weighted by atomic mass is 9.76. The van der Waals surface area contributed by atoms with Crippen LogP contribution in [0.15, 0.2) is 42.5 Å². The van der Waals surface area contributed by atoms with Crippen LogP contribution in [-0.4, -0.2) is 30.6 Å². The zero-order valence-corrected chi connectivity index (χ0v) is 16.2. The number of fused-ring (bicyclic) bond motifs is 2. The van der Waals surface area contributed by atoms with Crippen LogP contribution < -0.4 is 4.74 Å². The minimum absolute atomic E-state index is 0.0558. The van der Waals surface area contributed by atoms with E-state index in [0.29, 0.717) is 36.3 Å². The first-order valence-electron chi connectivity index (χ1n) is 9.09. The van der Waals surface area contributed by atoms with Gasteiger partial charge >= 0.3 is 0 Å². The Morgan fingerprint density at radius 2 is 1.96 bits per heavy atom. The molecule has 2 aliphatic heterocycles. The topological polar surface area (TPSA) is 12.5 Å². The summed E-state index contributed by atoms with van der Waals surface area (Å²) in [6.45, 7) is 0.516. The van der Waals surface area contributed by atoms with Crippen LogP contribution >= 0.6 is 23.2 Å². The van der Waals surface area contributed by atoms with Crippen molar-refractivity contribution in [2.75, 3.05) is 13.7 Å². The van der Waals surface area contributed by atoms with E-state index in [-0.39, 0.29) is 5.02 Å². The Morgan fingerprint density at radius 1 is 1.15 bits per heavy atom. The maximum atomic E-state index is 13.7. The highest BCUT2D eigenvalue weighted by Gasteiger charge is 2.46. The average molecular weight is 394 g/mol. The van der Waals surface area contributed by atoms with Gasteiger partial charge in [-0.25, -0.2) is 4.39 Å². The summed E-state index contributed by atoms with van der Waals surface area (Å²) >= 11 is 12.3. The molecule has 2 unspecified atom stereocenters. The van der Waals surface area contributed by atoms with Gasteiger partial charge in [0.1, 0.15) is 16.6 Å². The second-order valence-electron chi connectivity index (χ2n) is 7.39. The minimum Gasteiger partial charge on any atom is -0.492 e. The summed E-state index contributed by atoms with van der Waals surface area (Å²) in [5.41, 5.74) is 1.27. The molecule has 2 nitrogen and oxygen atoms in total. The van der Waals surface area contributed by atoms with Crippen LogP contribution in [0, 0.1) is 11.7 Å². The maximum absolute atomic E-state index is 13.7. The van der Waals surface area contributed by atoms with E-state index in [0.717, 1.165) is 11.4 Å². The fourth-order valence-electron chi connectivity index (χ4n) is 4.71. The molecule has 138 valence electrons. The van der Waals surface area contributed by atoms with Crippen molar-refractivity contribution in [1.82, 2.24) is 4.90 Å². The Hall–Kier alpha value is -1.29. The Bertz CT molecular complexity index is 799. The van der Waals surface area contributed by atoms with Gasteiger partial charge in [-0.2, -0.15) is 0 Å². The van der Waals surface area contributed by atoms with Crippen molar-refractivity contribution in [2.45, 2.75) is 37.3 Å². The first kappa shape index (κ1) is 18.1. The monoisotopic (exact) mass is 393 g/mol. The molecule has 2 aromatic rings. The quantitative estimate of drug-likeness (QED) is 0.652. The number of piperidine rings is 1. The summed E-state index contributed by atoms with van der Waals surface area (Å²) in [7, 11) is 2.21. The SMILES string of the molecule is CN1C2CCC1[C@H](COc1cccc(F)c1Cl)[C@@H](c1cccc(Cl)c1)C2. The Morgan fingerprint density at radius 3 is 2.77 bits per heavy atom. The van der Waals surface area contributed by atoms with Crippen molar-refractivity contribution in [2.24, 2.45) is 5.92 Å². The number of nitrogens with zero attached hydrogens (tertiary/aromatic N) is 1. The summed E-state index contributed by atoms with van der Waals surface area (Å²) in [4.78, 5) is 2.49. The van der Waals surface area contributed by atoms with Crippen LogP contribution in [-0.2, 0) is 0 Å². The fourth-order valence-corrected chi connectivity index (χ4v) is 5.09. The van der Waals surface area contributed by atoms with E-state index >= 15 is 0 Å². The first-order chi connectivity index (χ1) is 12.5. The zero-order valence-electron chi connectivity index (χ0n) is 14.7. The van der Waals surface area contributed by atoms with Gasteiger partial charge in [-0.15, -0.1) is 0 Å². The molecule has 4 atom stereocenters. The summed E-state index contributed by atoms with van der Waals surface area (Å²) in [5, 5.41) is 0.821. The van der Waals surface area contributed by atoms with Gasteiger partial charge < -0.3 is 9.64 Å². The van der Waals surface area contributed by atoms with Crippen LogP contribution in [0.25, 0.3) is 0 Å². The molecular weight excluding hydrogens is 372 g/mol. The molecule has 5 heteroatoms. The molecule has 2 bridgehead atoms. The summed E-state index contributed by atoms with van der Waals surface area (Å²) in [6, 6.07) is 13.9. The lowest BCUT2D eigenvalue weighted by molar-refractivity contribution is 0.0665. The van der Waals surface area contributed by atoms with E-state index < -0.39 is 5.82 Å². The van der Waals surface area contributed by atoms with Crippen molar-refractivity contribution in [1.29, 1.82) is 0 Å². The highest BCUT2D eigenvalue weighted by molar-refractivity contribution is 6.32. The first-order valence-corrected chi connectivity index (χ1v) is 9.84. The van der Waals surface area contributed by atoms with E-state index in [2.05, 4.69) is 24.1 Å². The maximum Gasteiger partial charge on any atom is 0.145 e. The van der Waals surface area contributed by atoms with Gasteiger partial charge in [0.15, 0.2) is 0 Å². The molecule has 26 heavy (non-hydrogen) atoms. The molecule has 0 radical (unpaired) electrons. The normalized spacial score (nSPS) is 28.3. The number of rotatable bonds is 4. The summed E-state index contributed by atoms with van der Waals surface area (Å²) in [6.07, 6.45) is 3.48. The van der Waals surface area contributed by atoms with Gasteiger partial charge in [0, 0.05) is 23.0 Å². The van der Waals surface area contributed by atoms with Crippen molar-refractivity contribution >= 4 is 23.2 Å². The van der Waals surface area contributed by atoms with Crippen LogP contribution in [0.5, 0.6) is 5.75 Å². The van der Waals surface area contributed by atoms with Crippen LogP contribution in [0.1, 0.15) is 30.7 Å². The standard InChI is InChI=1S/C21H22Cl2FNO/c1-25-15-8-9-19(25)17(12-26-20-7-3-6-18(24)21(20)23)16(11-15)13-4-2-5-14(22)10-13/h2-7,10,15-17,19H,8-9,11-12H2,1H3/t15?,16-,17-,19?/m1/s1. The Labute approximate surface area is 163 Å². The molecule has 2 aliphatic rings. The summed E-state index contributed by atoms with van der Waals surface area (Å²) in [5.74, 6) is 0.669. The minimum atomic E-state index is -0.447. The predicted octanol–water partition coefficient (Wildman–Crippen LogP) is 5.78.